The molecular formula is C15H18N2O3. The zero-order valence-electron chi connectivity index (χ0n) is 11.8. The third-order valence-corrected chi connectivity index (χ3v) is 2.78. The standard InChI is InChI=1S/C15H18N2O3/c1-11-4-6-13(7-5-11)14(8-9-18)16-12(2)17(3)10-15(19)20/h4-9H,10H2,1-3H3,(H,19,20)/b14-8-,16-12?. The number of hydrogen-bond donors (Lipinski definition) is 1. The molecule has 5 nitrogen and oxygen atoms in total. The predicted octanol–water partition coefficient (Wildman–Crippen LogP) is 1.97. The molecule has 5 heteroatoms. The van der Waals surface area contributed by atoms with Crippen molar-refractivity contribution in [2.45, 2.75) is 13.8 Å². The Morgan fingerprint density at radius 3 is 2.45 bits per heavy atom. The second kappa shape index (κ2) is 7.23. The van der Waals surface area contributed by atoms with Gasteiger partial charge in [-0.15, -0.1) is 0 Å². The summed E-state index contributed by atoms with van der Waals surface area (Å²) in [4.78, 5) is 27.2. The van der Waals surface area contributed by atoms with Gasteiger partial charge in [0.25, 0.3) is 0 Å². The Labute approximate surface area is 118 Å². The van der Waals surface area contributed by atoms with Gasteiger partial charge in [0.15, 0.2) is 0 Å². The van der Waals surface area contributed by atoms with Crippen molar-refractivity contribution in [2.24, 2.45) is 4.99 Å². The van der Waals surface area contributed by atoms with E-state index in [9.17, 15) is 9.59 Å². The molecule has 0 spiro atoms. The van der Waals surface area contributed by atoms with Crippen molar-refractivity contribution in [1.29, 1.82) is 0 Å². The second-order valence-electron chi connectivity index (χ2n) is 4.46. The Bertz CT molecular complexity index is 545. The van der Waals surface area contributed by atoms with Crippen LogP contribution in [0.4, 0.5) is 0 Å². The van der Waals surface area contributed by atoms with Gasteiger partial charge in [-0.2, -0.15) is 0 Å². The van der Waals surface area contributed by atoms with Crippen LogP contribution in [0.25, 0.3) is 5.70 Å². The van der Waals surface area contributed by atoms with Gasteiger partial charge in [-0.25, -0.2) is 4.99 Å². The van der Waals surface area contributed by atoms with Crippen LogP contribution in [0.3, 0.4) is 0 Å². The molecular weight excluding hydrogens is 256 g/mol. The molecule has 0 aliphatic heterocycles. The molecule has 20 heavy (non-hydrogen) atoms. The molecule has 0 radical (unpaired) electrons. The monoisotopic (exact) mass is 274 g/mol. The molecule has 1 rings (SSSR count). The first-order valence-electron chi connectivity index (χ1n) is 6.14. The summed E-state index contributed by atoms with van der Waals surface area (Å²) in [5.41, 5.74) is 2.43. The number of likely N-dealkylation sites (N-methyl/N-ethyl adjacent to an activating group) is 1. The Balaban J connectivity index is 3.03. The molecule has 0 saturated carbocycles. The number of carbonyl (C=O) groups is 2. The van der Waals surface area contributed by atoms with Crippen molar-refractivity contribution in [2.75, 3.05) is 13.6 Å². The van der Waals surface area contributed by atoms with E-state index in [1.54, 1.807) is 14.0 Å². The molecule has 0 bridgehead atoms. The maximum atomic E-state index is 10.7. The van der Waals surface area contributed by atoms with E-state index in [1.807, 2.05) is 31.2 Å². The number of aliphatic imine (C=N–C) groups is 1. The number of aliphatic carboxylic acids is 1. The van der Waals surface area contributed by atoms with Crippen molar-refractivity contribution < 1.29 is 14.7 Å². The van der Waals surface area contributed by atoms with E-state index >= 15 is 0 Å². The lowest BCUT2D eigenvalue weighted by molar-refractivity contribution is -0.137. The van der Waals surface area contributed by atoms with Crippen LogP contribution in [0.15, 0.2) is 35.3 Å². The molecule has 0 heterocycles. The van der Waals surface area contributed by atoms with Crippen molar-refractivity contribution in [3.05, 3.63) is 41.5 Å². The van der Waals surface area contributed by atoms with Crippen molar-refractivity contribution in [1.82, 2.24) is 4.90 Å². The molecule has 0 amide bonds. The van der Waals surface area contributed by atoms with Gasteiger partial charge in [0.05, 0.1) is 5.70 Å². The van der Waals surface area contributed by atoms with Crippen LogP contribution in [0, 0.1) is 6.92 Å². The van der Waals surface area contributed by atoms with Crippen molar-refractivity contribution >= 4 is 23.8 Å². The Morgan fingerprint density at radius 2 is 1.95 bits per heavy atom. The fourth-order valence-electron chi connectivity index (χ4n) is 1.56. The zero-order valence-corrected chi connectivity index (χ0v) is 11.8. The van der Waals surface area contributed by atoms with Gasteiger partial charge in [0.1, 0.15) is 18.7 Å². The summed E-state index contributed by atoms with van der Waals surface area (Å²) in [5.74, 6) is -0.403. The van der Waals surface area contributed by atoms with E-state index in [1.165, 1.54) is 11.0 Å². The predicted molar refractivity (Wildman–Crippen MR) is 78.6 cm³/mol. The molecule has 0 aliphatic rings. The summed E-state index contributed by atoms with van der Waals surface area (Å²) in [7, 11) is 1.64. The van der Waals surface area contributed by atoms with Gasteiger partial charge in [-0.3, -0.25) is 9.59 Å². The van der Waals surface area contributed by atoms with Crippen LogP contribution in [0.1, 0.15) is 18.1 Å². The van der Waals surface area contributed by atoms with E-state index in [0.717, 1.165) is 11.1 Å². The Morgan fingerprint density at radius 1 is 1.35 bits per heavy atom. The van der Waals surface area contributed by atoms with Gasteiger partial charge in [0.2, 0.25) is 0 Å². The maximum absolute atomic E-state index is 10.7. The highest BCUT2D eigenvalue weighted by molar-refractivity contribution is 5.91. The van der Waals surface area contributed by atoms with Crippen molar-refractivity contribution in [3.8, 4) is 0 Å². The minimum absolute atomic E-state index is 0.141. The van der Waals surface area contributed by atoms with E-state index in [-0.39, 0.29) is 6.54 Å². The molecule has 0 aromatic heterocycles. The average molecular weight is 274 g/mol. The number of carbonyl (C=O) groups excluding carboxylic acids is 1. The normalized spacial score (nSPS) is 12.2. The number of carboxylic acid groups (broad SMARTS) is 1. The Hall–Kier alpha value is -2.43. The quantitative estimate of drug-likeness (QED) is 0.386. The summed E-state index contributed by atoms with van der Waals surface area (Å²) >= 11 is 0. The molecule has 1 N–H and O–H groups in total. The summed E-state index contributed by atoms with van der Waals surface area (Å²) < 4.78 is 0. The van der Waals surface area contributed by atoms with E-state index in [4.69, 9.17) is 5.11 Å². The first kappa shape index (κ1) is 15.6. The number of amidine groups is 1. The number of carboxylic acids is 1. The second-order valence-corrected chi connectivity index (χ2v) is 4.46. The summed E-state index contributed by atoms with van der Waals surface area (Å²) in [6.07, 6.45) is 2.03. The van der Waals surface area contributed by atoms with Gasteiger partial charge in [-0.1, -0.05) is 29.8 Å². The SMILES string of the molecule is CC(=N/C(=C\C=O)c1ccc(C)cc1)N(C)CC(=O)O. The smallest absolute Gasteiger partial charge is 0.323 e. The average Bonchev–Trinajstić information content (AvgIpc) is 2.38. The minimum atomic E-state index is -0.932. The molecule has 0 atom stereocenters. The van der Waals surface area contributed by atoms with E-state index in [0.29, 0.717) is 17.8 Å². The molecule has 1 aromatic rings. The summed E-state index contributed by atoms with van der Waals surface area (Å²) in [6.45, 7) is 3.54. The van der Waals surface area contributed by atoms with Crippen LogP contribution in [-0.2, 0) is 9.59 Å². The van der Waals surface area contributed by atoms with Gasteiger partial charge in [-0.05, 0) is 13.8 Å². The fraction of sp³-hybridized carbons (Fsp3) is 0.267. The molecule has 0 fully saturated rings. The van der Waals surface area contributed by atoms with Crippen LogP contribution in [-0.4, -0.2) is 41.7 Å². The number of aldehydes is 1. The van der Waals surface area contributed by atoms with Crippen LogP contribution < -0.4 is 0 Å². The lowest BCUT2D eigenvalue weighted by Gasteiger charge is -2.16. The van der Waals surface area contributed by atoms with Crippen LogP contribution in [0.2, 0.25) is 0 Å². The number of allylic oxidation sites excluding steroid dienone is 1. The number of benzene rings is 1. The molecule has 0 saturated heterocycles. The molecule has 106 valence electrons. The third kappa shape index (κ3) is 4.68. The number of hydrogen-bond acceptors (Lipinski definition) is 3. The Kier molecular flexibility index (Phi) is 5.65. The number of rotatable bonds is 5. The van der Waals surface area contributed by atoms with E-state index in [2.05, 4.69) is 4.99 Å². The largest absolute Gasteiger partial charge is 0.480 e. The molecule has 1 aromatic carbocycles. The third-order valence-electron chi connectivity index (χ3n) is 2.78. The first-order valence-corrected chi connectivity index (χ1v) is 6.14. The minimum Gasteiger partial charge on any atom is -0.480 e. The summed E-state index contributed by atoms with van der Waals surface area (Å²) in [6, 6.07) is 7.61. The fourth-order valence-corrected chi connectivity index (χ4v) is 1.56. The highest BCUT2D eigenvalue weighted by Gasteiger charge is 2.07. The van der Waals surface area contributed by atoms with Gasteiger partial charge < -0.3 is 10.0 Å². The lowest BCUT2D eigenvalue weighted by Crippen LogP contribution is -2.30. The summed E-state index contributed by atoms with van der Waals surface area (Å²) in [5, 5.41) is 8.75. The highest BCUT2D eigenvalue weighted by atomic mass is 16.4. The lowest BCUT2D eigenvalue weighted by atomic mass is 10.1. The molecule has 0 aliphatic carbocycles. The van der Waals surface area contributed by atoms with Gasteiger partial charge >= 0.3 is 5.97 Å². The topological polar surface area (TPSA) is 70.0 Å². The highest BCUT2D eigenvalue weighted by Crippen LogP contribution is 2.16. The maximum Gasteiger partial charge on any atom is 0.323 e. The van der Waals surface area contributed by atoms with Gasteiger partial charge in [0, 0.05) is 18.7 Å². The zero-order chi connectivity index (χ0) is 15.1. The molecule has 0 unspecified atom stereocenters. The van der Waals surface area contributed by atoms with Crippen LogP contribution in [0.5, 0.6) is 0 Å². The number of nitrogens with zero attached hydrogens (tertiary/aromatic N) is 2. The van der Waals surface area contributed by atoms with E-state index < -0.39 is 5.97 Å². The number of aryl methyl sites for hydroxylation is 1. The van der Waals surface area contributed by atoms with Crippen molar-refractivity contribution in [3.63, 3.8) is 0 Å². The first-order chi connectivity index (χ1) is 9.43. The van der Waals surface area contributed by atoms with Crippen LogP contribution >= 0.6 is 0 Å².